The number of anilines is 1. The molecule has 0 saturated carbocycles. The SMILES string of the molecule is CC1(CCCS(=O)(=O)O)C(/C=C/C=C/C=C2/N(CCCCCC(=O)O)c3cc(S(=O)(=O)O)cc(S(=O)(=O)O)c3C2(C)C)=[N+](CCCS(=O)(=O)O)c2cc(C(=O)NCCS(=O)(=O)O)cc(S(=O)(=O)O)c21. The van der Waals surface area contributed by atoms with E-state index in [4.69, 9.17) is 9.66 Å². The van der Waals surface area contributed by atoms with Gasteiger partial charge in [-0.1, -0.05) is 38.5 Å². The molecule has 2 aromatic carbocycles. The molecule has 24 nitrogen and oxygen atoms in total. The molecule has 0 bridgehead atoms. The predicted octanol–water partition coefficient (Wildman–Crippen LogP) is 2.79. The van der Waals surface area contributed by atoms with Crippen LogP contribution in [0.2, 0.25) is 0 Å². The number of unbranched alkanes of at least 4 members (excludes halogenated alkanes) is 2. The van der Waals surface area contributed by atoms with Gasteiger partial charge in [-0.25, -0.2) is 0 Å². The molecule has 2 aliphatic rings. The molecule has 0 fully saturated rings. The number of nitrogens with zero attached hydrogens (tertiary/aromatic N) is 2. The van der Waals surface area contributed by atoms with Crippen LogP contribution in [0.3, 0.4) is 0 Å². The molecule has 1 unspecified atom stereocenters. The van der Waals surface area contributed by atoms with Gasteiger partial charge in [0.25, 0.3) is 66.6 Å². The van der Waals surface area contributed by atoms with Crippen molar-refractivity contribution in [3.05, 3.63) is 77.0 Å². The summed E-state index contributed by atoms with van der Waals surface area (Å²) in [6, 6.07) is 3.52. The van der Waals surface area contributed by atoms with Crippen molar-refractivity contribution in [3.8, 4) is 0 Å². The lowest BCUT2D eigenvalue weighted by atomic mass is 9.75. The number of hydrogen-bond acceptors (Lipinski definition) is 15. The van der Waals surface area contributed by atoms with Crippen molar-refractivity contribution in [2.75, 3.05) is 41.8 Å². The zero-order chi connectivity index (χ0) is 52.3. The summed E-state index contributed by atoms with van der Waals surface area (Å²) in [5.74, 6) is -4.73. The Hall–Kier alpha value is -4.47. The van der Waals surface area contributed by atoms with Crippen LogP contribution in [0.25, 0.3) is 0 Å². The van der Waals surface area contributed by atoms with Gasteiger partial charge < -0.3 is 15.3 Å². The number of nitrogens with one attached hydrogen (secondary N) is 1. The quantitative estimate of drug-likeness (QED) is 0.0324. The highest BCUT2D eigenvalue weighted by molar-refractivity contribution is 7.87. The van der Waals surface area contributed by atoms with E-state index in [-0.39, 0.29) is 73.4 Å². The van der Waals surface area contributed by atoms with E-state index in [9.17, 15) is 82.9 Å². The second-order valence-corrected chi connectivity index (χ2v) is 25.7. The monoisotopic (exact) mass is 1090 g/mol. The third-order valence-electron chi connectivity index (χ3n) is 11.3. The van der Waals surface area contributed by atoms with E-state index in [1.165, 1.54) is 46.8 Å². The van der Waals surface area contributed by atoms with Crippen LogP contribution in [-0.4, -0.2) is 142 Å². The molecule has 0 radical (unpaired) electrons. The zero-order valence-corrected chi connectivity index (χ0v) is 42.0. The summed E-state index contributed by atoms with van der Waals surface area (Å²) in [6.45, 7) is 3.63. The van der Waals surface area contributed by atoms with Crippen molar-refractivity contribution in [2.24, 2.45) is 0 Å². The fourth-order valence-corrected chi connectivity index (χ4v) is 12.1. The second-order valence-electron chi connectivity index (χ2n) is 16.8. The summed E-state index contributed by atoms with van der Waals surface area (Å²) >= 11 is 0. The normalized spacial score (nSPS) is 18.4. The minimum absolute atomic E-state index is 0.0160. The molecule has 2 aliphatic heterocycles. The molecule has 0 aromatic heterocycles. The fraction of sp³-hybridized carbons (Fsp3) is 0.462. The molecule has 30 heteroatoms. The molecule has 2 heterocycles. The number of carboxylic acid groups (broad SMARTS) is 1. The molecule has 8 N–H and O–H groups in total. The Bertz CT molecular complexity index is 3210. The van der Waals surface area contributed by atoms with E-state index in [2.05, 4.69) is 5.32 Å². The zero-order valence-electron chi connectivity index (χ0n) is 37.1. The lowest BCUT2D eigenvalue weighted by molar-refractivity contribution is -0.437. The van der Waals surface area contributed by atoms with Gasteiger partial charge in [-0.3, -0.25) is 36.9 Å². The van der Waals surface area contributed by atoms with E-state index in [0.717, 1.165) is 18.2 Å². The Morgan fingerprint density at radius 2 is 1.25 bits per heavy atom. The van der Waals surface area contributed by atoms with Gasteiger partial charge in [0.05, 0.1) is 33.1 Å². The minimum atomic E-state index is -5.29. The smallest absolute Gasteiger partial charge is 0.303 e. The number of amides is 1. The maximum atomic E-state index is 13.3. The van der Waals surface area contributed by atoms with Gasteiger partial charge in [0.15, 0.2) is 5.71 Å². The second kappa shape index (κ2) is 21.1. The Morgan fingerprint density at radius 3 is 1.80 bits per heavy atom. The summed E-state index contributed by atoms with van der Waals surface area (Å²) in [6.07, 6.45) is 6.88. The van der Waals surface area contributed by atoms with Crippen LogP contribution in [0.1, 0.15) is 87.2 Å². The molecule has 0 saturated heterocycles. The first-order valence-corrected chi connectivity index (χ1v) is 29.7. The molecular weight excluding hydrogens is 1040 g/mol. The number of fused-ring (bicyclic) bond motifs is 2. The number of aliphatic carboxylic acids is 1. The van der Waals surface area contributed by atoms with Crippen LogP contribution in [0.4, 0.5) is 11.4 Å². The van der Waals surface area contributed by atoms with Crippen molar-refractivity contribution in [1.82, 2.24) is 5.32 Å². The van der Waals surface area contributed by atoms with E-state index in [0.29, 0.717) is 24.6 Å². The highest BCUT2D eigenvalue weighted by Gasteiger charge is 2.51. The molecule has 69 heavy (non-hydrogen) atoms. The van der Waals surface area contributed by atoms with E-state index < -0.39 is 127 Å². The Kier molecular flexibility index (Phi) is 17.5. The van der Waals surface area contributed by atoms with Crippen molar-refractivity contribution < 1.29 is 97.1 Å². The van der Waals surface area contributed by atoms with Gasteiger partial charge in [-0.15, -0.1) is 0 Å². The topological polar surface area (TPSA) is 399 Å². The first kappa shape index (κ1) is 57.1. The summed E-state index contributed by atoms with van der Waals surface area (Å²) in [7, 11) is -29.2. The molecule has 384 valence electrons. The average Bonchev–Trinajstić information content (AvgIpc) is 3.53. The number of benzene rings is 2. The largest absolute Gasteiger partial charge is 0.481 e. The molecule has 0 spiro atoms. The van der Waals surface area contributed by atoms with Gasteiger partial charge in [-0.05, 0) is 56.9 Å². The van der Waals surface area contributed by atoms with Gasteiger partial charge in [-0.2, -0.15) is 55.1 Å². The lowest BCUT2D eigenvalue weighted by Gasteiger charge is -2.27. The van der Waals surface area contributed by atoms with E-state index >= 15 is 0 Å². The Labute approximate surface area is 400 Å². The van der Waals surface area contributed by atoms with Crippen molar-refractivity contribution >= 4 is 89.7 Å². The summed E-state index contributed by atoms with van der Waals surface area (Å²) in [5.41, 5.74) is -3.44. The minimum Gasteiger partial charge on any atom is -0.481 e. The van der Waals surface area contributed by atoms with E-state index in [1.807, 2.05) is 0 Å². The van der Waals surface area contributed by atoms with Crippen molar-refractivity contribution in [3.63, 3.8) is 0 Å². The first-order valence-electron chi connectivity index (χ1n) is 20.5. The number of allylic oxidation sites excluding steroid dienone is 6. The molecule has 1 amide bonds. The Balaban J connectivity index is 1.96. The number of hydrogen-bond donors (Lipinski definition) is 8. The standard InChI is InChI=1S/C39H51N3O21S6/c1-38(2)32(41(17-9-5-8-14-34(43)44)29-24-27(67(55,56)57)25-31(35(29)38)69(61,62)63)12-6-4-7-13-33-39(3,15-10-19-64(46,47)48)36-28(42(33)18-11-20-65(49,50)51)22-26(23-30(36)68(58,59)60)37(45)40-16-21-66(52,53)54/h4,6-7,12-13,22-25H,5,8-11,14-21H2,1-3H3,(H7-,40,43,44,45,46,47,48,49,50,51,52,53,54,55,56,57,58,59,60,61,62,63)/p+1. The Morgan fingerprint density at radius 1 is 0.667 bits per heavy atom. The summed E-state index contributed by atoms with van der Waals surface area (Å²) in [5, 5.41) is 11.3. The molecule has 2 aromatic rings. The van der Waals surface area contributed by atoms with Gasteiger partial charge in [0.1, 0.15) is 16.3 Å². The van der Waals surface area contributed by atoms with Gasteiger partial charge >= 0.3 is 5.97 Å². The van der Waals surface area contributed by atoms with Crippen LogP contribution in [0, 0.1) is 0 Å². The van der Waals surface area contributed by atoms with Crippen LogP contribution >= 0.6 is 0 Å². The predicted molar refractivity (Wildman–Crippen MR) is 248 cm³/mol. The average molecular weight is 1090 g/mol. The van der Waals surface area contributed by atoms with Crippen LogP contribution in [0.5, 0.6) is 0 Å². The number of carbonyl (C=O) groups excluding carboxylic acids is 1. The number of carboxylic acids is 1. The molecule has 1 atom stereocenters. The maximum Gasteiger partial charge on any atom is 0.303 e. The van der Waals surface area contributed by atoms with Crippen molar-refractivity contribution in [2.45, 2.75) is 91.2 Å². The highest BCUT2D eigenvalue weighted by atomic mass is 32.2. The maximum absolute atomic E-state index is 13.3. The van der Waals surface area contributed by atoms with Crippen LogP contribution < -0.4 is 10.2 Å². The molecular formula is C39H52N3O21S6+. The lowest BCUT2D eigenvalue weighted by Crippen LogP contribution is -2.33. The fourth-order valence-electron chi connectivity index (χ4n) is 8.42. The third-order valence-corrected chi connectivity index (χ3v) is 16.2. The number of rotatable bonds is 24. The third kappa shape index (κ3) is 14.8. The summed E-state index contributed by atoms with van der Waals surface area (Å²) in [4.78, 5) is 23.4. The van der Waals surface area contributed by atoms with Gasteiger partial charge in [0, 0.05) is 66.0 Å². The highest BCUT2D eigenvalue weighted by Crippen LogP contribution is 2.52. The summed E-state index contributed by atoms with van der Waals surface area (Å²) < 4.78 is 207. The molecule has 0 aliphatic carbocycles. The van der Waals surface area contributed by atoms with Crippen molar-refractivity contribution in [1.29, 1.82) is 0 Å². The molecule has 4 rings (SSSR count). The van der Waals surface area contributed by atoms with Crippen LogP contribution in [0.15, 0.2) is 75.0 Å². The van der Waals surface area contributed by atoms with Crippen LogP contribution in [-0.2, 0) is 76.3 Å². The first-order chi connectivity index (χ1) is 31.4. The van der Waals surface area contributed by atoms with Gasteiger partial charge in [0.2, 0.25) is 5.69 Å². The number of carbonyl (C=O) groups is 2. The van der Waals surface area contributed by atoms with E-state index in [1.54, 1.807) is 13.8 Å².